The average molecular weight is 350 g/mol. The van der Waals surface area contributed by atoms with Crippen molar-refractivity contribution in [2.75, 3.05) is 37.3 Å². The van der Waals surface area contributed by atoms with Gasteiger partial charge in [0.05, 0.1) is 18.1 Å². The molecule has 7 heteroatoms. The number of nitrogens with one attached hydrogen (secondary N) is 1. The van der Waals surface area contributed by atoms with Crippen LogP contribution in [0.25, 0.3) is 11.0 Å². The number of nitrogens with zero attached hydrogens (tertiary/aromatic N) is 4. The van der Waals surface area contributed by atoms with Crippen LogP contribution in [0.1, 0.15) is 5.56 Å². The van der Waals surface area contributed by atoms with Gasteiger partial charge in [0, 0.05) is 26.2 Å². The first kappa shape index (κ1) is 16.7. The molecule has 0 spiro atoms. The summed E-state index contributed by atoms with van der Waals surface area (Å²) in [5.41, 5.74) is 7.65. The van der Waals surface area contributed by atoms with Crippen molar-refractivity contribution in [1.82, 2.24) is 19.9 Å². The van der Waals surface area contributed by atoms with E-state index in [2.05, 4.69) is 49.4 Å². The fraction of sp³-hybridized carbons (Fsp3) is 0.316. The maximum Gasteiger partial charge on any atom is 0.166 e. The minimum absolute atomic E-state index is 0.110. The SMILES string of the molecule is Nc1ccc2c(NCC3CN(Cc4ccccc4)CCO3)ncnc2n1. The van der Waals surface area contributed by atoms with Gasteiger partial charge in [-0.05, 0) is 17.7 Å². The summed E-state index contributed by atoms with van der Waals surface area (Å²) in [7, 11) is 0. The number of rotatable bonds is 5. The molecule has 4 rings (SSSR count). The highest BCUT2D eigenvalue weighted by Crippen LogP contribution is 2.19. The molecule has 0 amide bonds. The van der Waals surface area contributed by atoms with Crippen molar-refractivity contribution in [2.24, 2.45) is 0 Å². The van der Waals surface area contributed by atoms with Crippen LogP contribution in [0.15, 0.2) is 48.8 Å². The van der Waals surface area contributed by atoms with Crippen LogP contribution < -0.4 is 11.1 Å². The third-order valence-corrected chi connectivity index (χ3v) is 4.49. The highest BCUT2D eigenvalue weighted by Gasteiger charge is 2.20. The molecular formula is C19H22N6O. The summed E-state index contributed by atoms with van der Waals surface area (Å²) >= 11 is 0. The number of ether oxygens (including phenoxy) is 1. The Balaban J connectivity index is 1.39. The summed E-state index contributed by atoms with van der Waals surface area (Å²) in [6.45, 7) is 4.20. The number of fused-ring (bicyclic) bond motifs is 1. The number of aromatic nitrogens is 3. The lowest BCUT2D eigenvalue weighted by atomic mass is 10.2. The molecule has 0 bridgehead atoms. The molecule has 3 heterocycles. The highest BCUT2D eigenvalue weighted by atomic mass is 16.5. The molecule has 26 heavy (non-hydrogen) atoms. The van der Waals surface area contributed by atoms with Gasteiger partial charge in [-0.15, -0.1) is 0 Å². The zero-order chi connectivity index (χ0) is 17.8. The van der Waals surface area contributed by atoms with Crippen molar-refractivity contribution >= 4 is 22.7 Å². The van der Waals surface area contributed by atoms with E-state index in [1.807, 2.05) is 12.1 Å². The van der Waals surface area contributed by atoms with Gasteiger partial charge >= 0.3 is 0 Å². The zero-order valence-electron chi connectivity index (χ0n) is 14.5. The molecule has 1 aliphatic rings. The Morgan fingerprint density at radius 1 is 1.15 bits per heavy atom. The lowest BCUT2D eigenvalue weighted by molar-refractivity contribution is -0.0240. The van der Waals surface area contributed by atoms with Gasteiger partial charge in [0.2, 0.25) is 0 Å². The molecule has 0 aliphatic carbocycles. The Labute approximate surface area is 152 Å². The molecule has 134 valence electrons. The predicted octanol–water partition coefficient (Wildman–Crippen LogP) is 1.92. The molecule has 1 atom stereocenters. The number of benzene rings is 1. The molecule has 1 aliphatic heterocycles. The molecule has 3 N–H and O–H groups in total. The van der Waals surface area contributed by atoms with Crippen molar-refractivity contribution in [2.45, 2.75) is 12.6 Å². The Hall–Kier alpha value is -2.77. The van der Waals surface area contributed by atoms with Crippen molar-refractivity contribution in [3.63, 3.8) is 0 Å². The number of hydrogen-bond acceptors (Lipinski definition) is 7. The van der Waals surface area contributed by atoms with E-state index in [0.717, 1.165) is 37.4 Å². The van der Waals surface area contributed by atoms with E-state index in [1.165, 1.54) is 11.9 Å². The first-order valence-corrected chi connectivity index (χ1v) is 8.77. The van der Waals surface area contributed by atoms with E-state index in [1.54, 1.807) is 6.07 Å². The van der Waals surface area contributed by atoms with E-state index < -0.39 is 0 Å². The number of anilines is 2. The van der Waals surface area contributed by atoms with Gasteiger partial charge in [-0.1, -0.05) is 30.3 Å². The molecule has 7 nitrogen and oxygen atoms in total. The third kappa shape index (κ3) is 3.89. The molecule has 0 radical (unpaired) electrons. The second-order valence-electron chi connectivity index (χ2n) is 6.42. The van der Waals surface area contributed by atoms with Gasteiger partial charge in [0.25, 0.3) is 0 Å². The van der Waals surface area contributed by atoms with Gasteiger partial charge in [0.1, 0.15) is 18.0 Å². The molecule has 3 aromatic rings. The highest BCUT2D eigenvalue weighted by molar-refractivity contribution is 5.87. The molecule has 1 unspecified atom stereocenters. The lowest BCUT2D eigenvalue weighted by Gasteiger charge is -2.33. The van der Waals surface area contributed by atoms with Gasteiger partial charge in [0.15, 0.2) is 5.65 Å². The standard InChI is InChI=1S/C19H22N6O/c20-17-7-6-16-18(22-13-23-19(16)24-17)21-10-15-12-25(8-9-26-15)11-14-4-2-1-3-5-14/h1-7,13,15H,8-12H2,(H3,20,21,22,23,24). The Morgan fingerprint density at radius 2 is 2.04 bits per heavy atom. The van der Waals surface area contributed by atoms with Crippen molar-refractivity contribution in [1.29, 1.82) is 0 Å². The number of morpholine rings is 1. The van der Waals surface area contributed by atoms with Crippen LogP contribution in [0, 0.1) is 0 Å². The third-order valence-electron chi connectivity index (χ3n) is 4.49. The number of pyridine rings is 1. The van der Waals surface area contributed by atoms with Gasteiger partial charge in [-0.25, -0.2) is 15.0 Å². The predicted molar refractivity (Wildman–Crippen MR) is 102 cm³/mol. The first-order valence-electron chi connectivity index (χ1n) is 8.77. The summed E-state index contributed by atoms with van der Waals surface area (Å²) in [5, 5.41) is 4.24. The van der Waals surface area contributed by atoms with Gasteiger partial charge in [-0.3, -0.25) is 4.90 Å². The molecule has 0 saturated carbocycles. The first-order chi connectivity index (χ1) is 12.8. The number of nitrogen functional groups attached to an aromatic ring is 1. The largest absolute Gasteiger partial charge is 0.384 e. The van der Waals surface area contributed by atoms with Gasteiger partial charge in [-0.2, -0.15) is 0 Å². The molecule has 1 aromatic carbocycles. The molecule has 2 aromatic heterocycles. The smallest absolute Gasteiger partial charge is 0.166 e. The van der Waals surface area contributed by atoms with Crippen LogP contribution in [0.4, 0.5) is 11.6 Å². The minimum Gasteiger partial charge on any atom is -0.384 e. The maximum absolute atomic E-state index is 5.92. The minimum atomic E-state index is 0.110. The zero-order valence-corrected chi connectivity index (χ0v) is 14.5. The quantitative estimate of drug-likeness (QED) is 0.726. The van der Waals surface area contributed by atoms with Crippen molar-refractivity contribution in [3.05, 3.63) is 54.4 Å². The van der Waals surface area contributed by atoms with Crippen LogP contribution in [0.2, 0.25) is 0 Å². The molecular weight excluding hydrogens is 328 g/mol. The molecule has 1 fully saturated rings. The van der Waals surface area contributed by atoms with Crippen LogP contribution in [-0.2, 0) is 11.3 Å². The maximum atomic E-state index is 5.92. The summed E-state index contributed by atoms with van der Waals surface area (Å²) in [6, 6.07) is 14.2. The average Bonchev–Trinajstić information content (AvgIpc) is 2.67. The fourth-order valence-electron chi connectivity index (χ4n) is 3.20. The van der Waals surface area contributed by atoms with Gasteiger partial charge < -0.3 is 15.8 Å². The van der Waals surface area contributed by atoms with Crippen LogP contribution in [-0.4, -0.2) is 52.2 Å². The lowest BCUT2D eigenvalue weighted by Crippen LogP contribution is -2.44. The Bertz CT molecular complexity index is 872. The van der Waals surface area contributed by atoms with E-state index in [4.69, 9.17) is 10.5 Å². The summed E-state index contributed by atoms with van der Waals surface area (Å²) < 4.78 is 5.92. The summed E-state index contributed by atoms with van der Waals surface area (Å²) in [5.74, 6) is 1.21. The van der Waals surface area contributed by atoms with E-state index in [9.17, 15) is 0 Å². The van der Waals surface area contributed by atoms with Crippen LogP contribution in [0.3, 0.4) is 0 Å². The number of hydrogen-bond donors (Lipinski definition) is 2. The summed E-state index contributed by atoms with van der Waals surface area (Å²) in [4.78, 5) is 15.2. The second kappa shape index (κ2) is 7.63. The Kier molecular flexibility index (Phi) is 4.90. The fourth-order valence-corrected chi connectivity index (χ4v) is 3.20. The van der Waals surface area contributed by atoms with Crippen molar-refractivity contribution < 1.29 is 4.74 Å². The topological polar surface area (TPSA) is 89.2 Å². The van der Waals surface area contributed by atoms with Crippen LogP contribution >= 0.6 is 0 Å². The normalized spacial score (nSPS) is 18.1. The van der Waals surface area contributed by atoms with Crippen LogP contribution in [0.5, 0.6) is 0 Å². The van der Waals surface area contributed by atoms with E-state index in [0.29, 0.717) is 18.0 Å². The second-order valence-corrected chi connectivity index (χ2v) is 6.42. The monoisotopic (exact) mass is 350 g/mol. The molecule has 1 saturated heterocycles. The van der Waals surface area contributed by atoms with E-state index in [-0.39, 0.29) is 6.10 Å². The number of nitrogens with two attached hydrogens (primary N) is 1. The van der Waals surface area contributed by atoms with E-state index >= 15 is 0 Å². The summed E-state index contributed by atoms with van der Waals surface area (Å²) in [6.07, 6.45) is 1.61. The van der Waals surface area contributed by atoms with Crippen molar-refractivity contribution in [3.8, 4) is 0 Å². The Morgan fingerprint density at radius 3 is 2.92 bits per heavy atom.